The topological polar surface area (TPSA) is 41.6 Å². The fourth-order valence-corrected chi connectivity index (χ4v) is 2.22. The molecular weight excluding hydrogens is 240 g/mol. The highest BCUT2D eigenvalue weighted by molar-refractivity contribution is 5.85. The van der Waals surface area contributed by atoms with Crippen LogP contribution in [0.15, 0.2) is 0 Å². The molecule has 0 spiro atoms. The number of rotatable bonds is 5. The summed E-state index contributed by atoms with van der Waals surface area (Å²) >= 11 is 0. The molecule has 0 bridgehead atoms. The highest BCUT2D eigenvalue weighted by Crippen LogP contribution is 2.17. The largest absolute Gasteiger partial charge is 0.369 e. The van der Waals surface area contributed by atoms with Crippen molar-refractivity contribution < 1.29 is 9.53 Å². The van der Waals surface area contributed by atoms with Crippen LogP contribution in [-0.4, -0.2) is 50.2 Å². The van der Waals surface area contributed by atoms with Crippen molar-refractivity contribution in [1.29, 1.82) is 0 Å². The number of amides is 1. The minimum atomic E-state index is -0.286. The van der Waals surface area contributed by atoms with Crippen LogP contribution in [0.2, 0.25) is 0 Å². The molecule has 0 aromatic carbocycles. The van der Waals surface area contributed by atoms with E-state index >= 15 is 0 Å². The smallest absolute Gasteiger partial charge is 0.251 e. The fourth-order valence-electron chi connectivity index (χ4n) is 2.22. The van der Waals surface area contributed by atoms with Crippen molar-refractivity contribution in [3.05, 3.63) is 0 Å². The maximum Gasteiger partial charge on any atom is 0.251 e. The minimum absolute atomic E-state index is 0. The van der Waals surface area contributed by atoms with Gasteiger partial charge in [-0.1, -0.05) is 0 Å². The molecule has 1 saturated heterocycles. The molecule has 1 heterocycles. The van der Waals surface area contributed by atoms with E-state index in [9.17, 15) is 4.79 Å². The van der Waals surface area contributed by atoms with Gasteiger partial charge < -0.3 is 15.0 Å². The van der Waals surface area contributed by atoms with Crippen LogP contribution in [0.5, 0.6) is 0 Å². The number of halogens is 1. The Morgan fingerprint density at radius 3 is 2.53 bits per heavy atom. The average molecular weight is 265 g/mol. The molecular formula is C12H25ClN2O2. The SMILES string of the molecule is CCOC(C)C(=O)N1CCC(CNC)CC1.Cl. The summed E-state index contributed by atoms with van der Waals surface area (Å²) < 4.78 is 5.33. The van der Waals surface area contributed by atoms with E-state index in [0.717, 1.165) is 38.4 Å². The Labute approximate surface area is 110 Å². The second kappa shape index (κ2) is 8.72. The lowest BCUT2D eigenvalue weighted by atomic mass is 9.96. The number of hydrogen-bond donors (Lipinski definition) is 1. The molecule has 1 aliphatic rings. The van der Waals surface area contributed by atoms with Crippen LogP contribution in [-0.2, 0) is 9.53 Å². The fraction of sp³-hybridized carbons (Fsp3) is 0.917. The van der Waals surface area contributed by atoms with Crippen molar-refractivity contribution in [3.8, 4) is 0 Å². The first kappa shape index (κ1) is 16.7. The van der Waals surface area contributed by atoms with Crippen molar-refractivity contribution in [2.75, 3.05) is 33.3 Å². The normalized spacial score (nSPS) is 18.6. The highest BCUT2D eigenvalue weighted by Gasteiger charge is 2.25. The lowest BCUT2D eigenvalue weighted by Gasteiger charge is -2.33. The summed E-state index contributed by atoms with van der Waals surface area (Å²) in [6, 6.07) is 0. The zero-order chi connectivity index (χ0) is 12.0. The Bertz CT molecular complexity index is 219. The van der Waals surface area contributed by atoms with E-state index in [4.69, 9.17) is 4.74 Å². The van der Waals surface area contributed by atoms with Crippen LogP contribution >= 0.6 is 12.4 Å². The summed E-state index contributed by atoms with van der Waals surface area (Å²) in [5.41, 5.74) is 0. The molecule has 1 unspecified atom stereocenters. The van der Waals surface area contributed by atoms with Crippen LogP contribution in [0.25, 0.3) is 0 Å². The summed E-state index contributed by atoms with van der Waals surface area (Å²) in [6.45, 7) is 7.17. The molecule has 1 N–H and O–H groups in total. The molecule has 4 nitrogen and oxygen atoms in total. The van der Waals surface area contributed by atoms with Gasteiger partial charge in [0.15, 0.2) is 0 Å². The monoisotopic (exact) mass is 264 g/mol. The molecule has 0 saturated carbocycles. The third-order valence-corrected chi connectivity index (χ3v) is 3.18. The molecule has 0 aliphatic carbocycles. The molecule has 0 aromatic heterocycles. The van der Waals surface area contributed by atoms with Gasteiger partial charge >= 0.3 is 0 Å². The standard InChI is InChI=1S/C12H24N2O2.ClH/c1-4-16-10(2)12(15)14-7-5-11(6-8-14)9-13-3;/h10-11,13H,4-9H2,1-3H3;1H. The molecule has 1 fully saturated rings. The summed E-state index contributed by atoms with van der Waals surface area (Å²) in [5, 5.41) is 3.20. The van der Waals surface area contributed by atoms with Crippen LogP contribution in [0.4, 0.5) is 0 Å². The highest BCUT2D eigenvalue weighted by atomic mass is 35.5. The van der Waals surface area contributed by atoms with Crippen LogP contribution in [0.3, 0.4) is 0 Å². The van der Waals surface area contributed by atoms with Gasteiger partial charge in [0.2, 0.25) is 0 Å². The molecule has 102 valence electrons. The summed E-state index contributed by atoms with van der Waals surface area (Å²) in [6.07, 6.45) is 1.92. The van der Waals surface area contributed by atoms with Gasteiger partial charge in [-0.25, -0.2) is 0 Å². The number of likely N-dealkylation sites (tertiary alicyclic amines) is 1. The predicted molar refractivity (Wildman–Crippen MR) is 71.6 cm³/mol. The molecule has 1 amide bonds. The van der Waals surface area contributed by atoms with Gasteiger partial charge in [0.25, 0.3) is 5.91 Å². The number of nitrogens with one attached hydrogen (secondary N) is 1. The quantitative estimate of drug-likeness (QED) is 0.814. The van der Waals surface area contributed by atoms with Crippen LogP contribution < -0.4 is 5.32 Å². The van der Waals surface area contributed by atoms with Gasteiger partial charge in [-0.3, -0.25) is 4.79 Å². The summed E-state index contributed by atoms with van der Waals surface area (Å²) in [7, 11) is 1.98. The summed E-state index contributed by atoms with van der Waals surface area (Å²) in [5.74, 6) is 0.862. The van der Waals surface area contributed by atoms with Gasteiger partial charge in [-0.2, -0.15) is 0 Å². The molecule has 1 aliphatic heterocycles. The Hall–Kier alpha value is -0.320. The Morgan fingerprint density at radius 2 is 2.06 bits per heavy atom. The number of piperidine rings is 1. The molecule has 0 aromatic rings. The second-order valence-corrected chi connectivity index (χ2v) is 4.42. The van der Waals surface area contributed by atoms with E-state index in [1.807, 2.05) is 25.8 Å². The van der Waals surface area contributed by atoms with Crippen molar-refractivity contribution in [2.24, 2.45) is 5.92 Å². The first-order chi connectivity index (χ1) is 7.69. The zero-order valence-corrected chi connectivity index (χ0v) is 11.9. The molecule has 17 heavy (non-hydrogen) atoms. The van der Waals surface area contributed by atoms with Gasteiger partial charge in [0.05, 0.1) is 0 Å². The third kappa shape index (κ3) is 5.23. The predicted octanol–water partition coefficient (Wildman–Crippen LogP) is 1.29. The van der Waals surface area contributed by atoms with Crippen LogP contribution in [0.1, 0.15) is 26.7 Å². The second-order valence-electron chi connectivity index (χ2n) is 4.42. The number of ether oxygens (including phenoxy) is 1. The van der Waals surface area contributed by atoms with Gasteiger partial charge in [0, 0.05) is 19.7 Å². The van der Waals surface area contributed by atoms with Crippen molar-refractivity contribution >= 4 is 18.3 Å². The van der Waals surface area contributed by atoms with E-state index in [0.29, 0.717) is 6.61 Å². The number of hydrogen-bond acceptors (Lipinski definition) is 3. The Morgan fingerprint density at radius 1 is 1.47 bits per heavy atom. The molecule has 0 radical (unpaired) electrons. The first-order valence-corrected chi connectivity index (χ1v) is 6.24. The van der Waals surface area contributed by atoms with E-state index < -0.39 is 0 Å². The first-order valence-electron chi connectivity index (χ1n) is 6.24. The van der Waals surface area contributed by atoms with E-state index in [1.54, 1.807) is 0 Å². The van der Waals surface area contributed by atoms with Crippen molar-refractivity contribution in [3.63, 3.8) is 0 Å². The summed E-state index contributed by atoms with van der Waals surface area (Å²) in [4.78, 5) is 13.9. The van der Waals surface area contributed by atoms with E-state index in [2.05, 4.69) is 5.32 Å². The Kier molecular flexibility index (Phi) is 8.56. The number of carbonyl (C=O) groups is 1. The third-order valence-electron chi connectivity index (χ3n) is 3.18. The van der Waals surface area contributed by atoms with Crippen molar-refractivity contribution in [1.82, 2.24) is 10.2 Å². The minimum Gasteiger partial charge on any atom is -0.369 e. The molecule has 1 rings (SSSR count). The number of carbonyl (C=O) groups excluding carboxylic acids is 1. The maximum absolute atomic E-state index is 11.9. The lowest BCUT2D eigenvalue weighted by molar-refractivity contribution is -0.143. The maximum atomic E-state index is 11.9. The lowest BCUT2D eigenvalue weighted by Crippen LogP contribution is -2.44. The van der Waals surface area contributed by atoms with Crippen LogP contribution in [0, 0.1) is 5.92 Å². The van der Waals surface area contributed by atoms with E-state index in [-0.39, 0.29) is 24.4 Å². The van der Waals surface area contributed by atoms with E-state index in [1.165, 1.54) is 0 Å². The van der Waals surface area contributed by atoms with Gasteiger partial charge in [-0.05, 0) is 46.2 Å². The van der Waals surface area contributed by atoms with Gasteiger partial charge in [0.1, 0.15) is 6.10 Å². The Balaban J connectivity index is 0.00000256. The average Bonchev–Trinajstić information content (AvgIpc) is 2.30. The zero-order valence-electron chi connectivity index (χ0n) is 11.1. The molecule has 5 heteroatoms. The molecule has 1 atom stereocenters. The van der Waals surface area contributed by atoms with Gasteiger partial charge in [-0.15, -0.1) is 12.4 Å². The number of nitrogens with zero attached hydrogens (tertiary/aromatic N) is 1. The van der Waals surface area contributed by atoms with Crippen molar-refractivity contribution in [2.45, 2.75) is 32.8 Å².